The van der Waals surface area contributed by atoms with Crippen LogP contribution in [0.5, 0.6) is 0 Å². The maximum atomic E-state index is 11.7. The van der Waals surface area contributed by atoms with Crippen LogP contribution in [0.2, 0.25) is 0 Å². The minimum Gasteiger partial charge on any atom is -0.445 e. The van der Waals surface area contributed by atoms with E-state index in [4.69, 9.17) is 4.74 Å². The Bertz CT molecular complexity index is 436. The number of amides is 1. The lowest BCUT2D eigenvalue weighted by Gasteiger charge is -2.19. The number of aliphatic hydroxyl groups is 1. The van der Waals surface area contributed by atoms with Crippen molar-refractivity contribution in [3.8, 4) is 0 Å². The molecule has 2 N–H and O–H groups in total. The third kappa shape index (κ3) is 3.95. The number of rotatable bonds is 4. The fraction of sp³-hybridized carbons (Fsp3) is 0.533. The van der Waals surface area contributed by atoms with Crippen LogP contribution in [-0.4, -0.2) is 47.4 Å². The van der Waals surface area contributed by atoms with E-state index in [1.165, 1.54) is 0 Å². The maximum Gasteiger partial charge on any atom is 0.407 e. The summed E-state index contributed by atoms with van der Waals surface area (Å²) in [4.78, 5) is 13.9. The third-order valence-electron chi connectivity index (χ3n) is 3.56. The molecule has 0 unspecified atom stereocenters. The molecule has 1 aliphatic heterocycles. The Morgan fingerprint density at radius 2 is 2.10 bits per heavy atom. The highest BCUT2D eigenvalue weighted by atomic mass is 16.5. The first-order chi connectivity index (χ1) is 9.56. The Labute approximate surface area is 119 Å². The predicted octanol–water partition coefficient (Wildman–Crippen LogP) is 1.37. The number of alkyl carbamates (subject to hydrolysis) is 1. The van der Waals surface area contributed by atoms with E-state index in [1.54, 1.807) is 0 Å². The number of nitrogens with zero attached hydrogens (tertiary/aromatic N) is 1. The summed E-state index contributed by atoms with van der Waals surface area (Å²) in [6.45, 7) is 5.62. The van der Waals surface area contributed by atoms with Gasteiger partial charge in [0, 0.05) is 19.1 Å². The number of hydrogen-bond acceptors (Lipinski definition) is 4. The van der Waals surface area contributed by atoms with Crippen LogP contribution in [0.4, 0.5) is 4.79 Å². The lowest BCUT2D eigenvalue weighted by molar-refractivity contribution is 0.117. The SMILES string of the molecule is CC(C)N1C[C@@H](O)[C@H](NC(=O)OCc2ccccc2)C1. The first kappa shape index (κ1) is 14.8. The highest BCUT2D eigenvalue weighted by molar-refractivity contribution is 5.67. The predicted molar refractivity (Wildman–Crippen MR) is 76.3 cm³/mol. The lowest BCUT2D eigenvalue weighted by Crippen LogP contribution is -2.43. The molecule has 110 valence electrons. The molecule has 1 aromatic carbocycles. The zero-order valence-electron chi connectivity index (χ0n) is 12.0. The van der Waals surface area contributed by atoms with Crippen molar-refractivity contribution in [1.29, 1.82) is 0 Å². The topological polar surface area (TPSA) is 61.8 Å². The van der Waals surface area contributed by atoms with Gasteiger partial charge in [0.2, 0.25) is 0 Å². The van der Waals surface area contributed by atoms with Gasteiger partial charge in [-0.05, 0) is 19.4 Å². The van der Waals surface area contributed by atoms with E-state index in [9.17, 15) is 9.90 Å². The van der Waals surface area contributed by atoms with Gasteiger partial charge in [0.1, 0.15) is 6.61 Å². The fourth-order valence-corrected chi connectivity index (χ4v) is 2.30. The standard InChI is InChI=1S/C15H22N2O3/c1-11(2)17-8-13(14(18)9-17)16-15(19)20-10-12-6-4-3-5-7-12/h3-7,11,13-14,18H,8-10H2,1-2H3,(H,16,19)/t13-,14-/m1/s1. The van der Waals surface area contributed by atoms with Crippen molar-refractivity contribution < 1.29 is 14.6 Å². The summed E-state index contributed by atoms with van der Waals surface area (Å²) in [6.07, 6.45) is -1.02. The second-order valence-corrected chi connectivity index (χ2v) is 5.43. The van der Waals surface area contributed by atoms with Crippen LogP contribution in [0.25, 0.3) is 0 Å². The number of nitrogens with one attached hydrogen (secondary N) is 1. The average molecular weight is 278 g/mol. The highest BCUT2D eigenvalue weighted by Gasteiger charge is 2.33. The minimum absolute atomic E-state index is 0.239. The quantitative estimate of drug-likeness (QED) is 0.873. The molecule has 0 saturated carbocycles. The first-order valence-electron chi connectivity index (χ1n) is 6.95. The average Bonchev–Trinajstić information content (AvgIpc) is 2.79. The molecule has 0 aliphatic carbocycles. The molecule has 1 aliphatic rings. The monoisotopic (exact) mass is 278 g/mol. The van der Waals surface area contributed by atoms with E-state index in [1.807, 2.05) is 30.3 Å². The number of likely N-dealkylation sites (tertiary alicyclic amines) is 1. The minimum atomic E-state index is -0.540. The van der Waals surface area contributed by atoms with E-state index in [-0.39, 0.29) is 12.6 Å². The Morgan fingerprint density at radius 3 is 2.70 bits per heavy atom. The Hall–Kier alpha value is -1.59. The summed E-state index contributed by atoms with van der Waals surface area (Å²) < 4.78 is 5.15. The normalized spacial score (nSPS) is 23.0. The van der Waals surface area contributed by atoms with E-state index in [0.717, 1.165) is 5.56 Å². The second kappa shape index (κ2) is 6.72. The van der Waals surface area contributed by atoms with Gasteiger partial charge in [0.05, 0.1) is 12.1 Å². The number of benzene rings is 1. The number of hydrogen-bond donors (Lipinski definition) is 2. The van der Waals surface area contributed by atoms with Crippen molar-refractivity contribution in [2.45, 2.75) is 38.6 Å². The van der Waals surface area contributed by atoms with E-state index in [0.29, 0.717) is 19.1 Å². The molecule has 5 nitrogen and oxygen atoms in total. The molecule has 0 bridgehead atoms. The number of β-amino-alcohol motifs (C(OH)–C–C–N with tert-alkyl or cyclic N) is 1. The van der Waals surface area contributed by atoms with Gasteiger partial charge in [-0.1, -0.05) is 30.3 Å². The zero-order chi connectivity index (χ0) is 14.5. The molecule has 0 spiro atoms. The zero-order valence-corrected chi connectivity index (χ0v) is 12.0. The van der Waals surface area contributed by atoms with Gasteiger partial charge < -0.3 is 15.2 Å². The van der Waals surface area contributed by atoms with Crippen LogP contribution in [0.15, 0.2) is 30.3 Å². The highest BCUT2D eigenvalue weighted by Crippen LogP contribution is 2.13. The van der Waals surface area contributed by atoms with Gasteiger partial charge in [-0.3, -0.25) is 4.90 Å². The molecule has 1 heterocycles. The van der Waals surface area contributed by atoms with Crippen LogP contribution in [0.1, 0.15) is 19.4 Å². The molecule has 1 saturated heterocycles. The lowest BCUT2D eigenvalue weighted by atomic mass is 10.2. The van der Waals surface area contributed by atoms with E-state index >= 15 is 0 Å². The summed E-state index contributed by atoms with van der Waals surface area (Å²) >= 11 is 0. The molecular weight excluding hydrogens is 256 g/mol. The maximum absolute atomic E-state index is 11.7. The Balaban J connectivity index is 1.77. The molecule has 1 aromatic rings. The number of aliphatic hydroxyl groups excluding tert-OH is 1. The van der Waals surface area contributed by atoms with Gasteiger partial charge in [-0.25, -0.2) is 4.79 Å². The molecule has 5 heteroatoms. The second-order valence-electron chi connectivity index (χ2n) is 5.43. The van der Waals surface area contributed by atoms with Crippen molar-refractivity contribution in [2.75, 3.05) is 13.1 Å². The van der Waals surface area contributed by atoms with Gasteiger partial charge in [0.15, 0.2) is 0 Å². The fourth-order valence-electron chi connectivity index (χ4n) is 2.30. The summed E-state index contributed by atoms with van der Waals surface area (Å²) in [7, 11) is 0. The van der Waals surface area contributed by atoms with Crippen molar-refractivity contribution in [2.24, 2.45) is 0 Å². The molecule has 20 heavy (non-hydrogen) atoms. The molecule has 2 rings (SSSR count). The van der Waals surface area contributed by atoms with Crippen LogP contribution in [0.3, 0.4) is 0 Å². The van der Waals surface area contributed by atoms with Crippen LogP contribution >= 0.6 is 0 Å². The van der Waals surface area contributed by atoms with Crippen molar-refractivity contribution in [1.82, 2.24) is 10.2 Å². The summed E-state index contributed by atoms with van der Waals surface area (Å²) in [5.41, 5.74) is 0.943. The number of carbonyl (C=O) groups excluding carboxylic acids is 1. The van der Waals surface area contributed by atoms with Crippen molar-refractivity contribution >= 4 is 6.09 Å². The molecule has 1 amide bonds. The summed E-state index contributed by atoms with van der Waals surface area (Å²) in [6, 6.07) is 9.61. The Morgan fingerprint density at radius 1 is 1.40 bits per heavy atom. The van der Waals surface area contributed by atoms with Crippen LogP contribution in [-0.2, 0) is 11.3 Å². The van der Waals surface area contributed by atoms with Gasteiger partial charge in [-0.2, -0.15) is 0 Å². The molecule has 0 aromatic heterocycles. The van der Waals surface area contributed by atoms with E-state index < -0.39 is 12.2 Å². The number of ether oxygens (including phenoxy) is 1. The molecule has 2 atom stereocenters. The van der Waals surface area contributed by atoms with E-state index in [2.05, 4.69) is 24.1 Å². The first-order valence-corrected chi connectivity index (χ1v) is 6.95. The van der Waals surface area contributed by atoms with Crippen LogP contribution < -0.4 is 5.32 Å². The van der Waals surface area contributed by atoms with Gasteiger partial charge >= 0.3 is 6.09 Å². The summed E-state index contributed by atoms with van der Waals surface area (Å²) in [5.74, 6) is 0. The van der Waals surface area contributed by atoms with Gasteiger partial charge in [0.25, 0.3) is 0 Å². The summed E-state index contributed by atoms with van der Waals surface area (Å²) in [5, 5.41) is 12.7. The molecule has 0 radical (unpaired) electrons. The van der Waals surface area contributed by atoms with Gasteiger partial charge in [-0.15, -0.1) is 0 Å². The smallest absolute Gasteiger partial charge is 0.407 e. The largest absolute Gasteiger partial charge is 0.445 e. The van der Waals surface area contributed by atoms with Crippen LogP contribution in [0, 0.1) is 0 Å². The van der Waals surface area contributed by atoms with Crippen molar-refractivity contribution in [3.05, 3.63) is 35.9 Å². The third-order valence-corrected chi connectivity index (χ3v) is 3.56. The Kier molecular flexibility index (Phi) is 4.98. The molecule has 1 fully saturated rings. The number of carbonyl (C=O) groups is 1. The van der Waals surface area contributed by atoms with Crippen molar-refractivity contribution in [3.63, 3.8) is 0 Å². The molecular formula is C15H22N2O3.